The van der Waals surface area contributed by atoms with Crippen molar-refractivity contribution in [2.45, 2.75) is 25.7 Å². The molecule has 2 aliphatic rings. The van der Waals surface area contributed by atoms with Gasteiger partial charge in [0.2, 0.25) is 5.91 Å². The van der Waals surface area contributed by atoms with E-state index in [2.05, 4.69) is 4.90 Å². The van der Waals surface area contributed by atoms with Crippen molar-refractivity contribution < 1.29 is 19.1 Å². The van der Waals surface area contributed by atoms with Crippen LogP contribution in [0.25, 0.3) is 0 Å². The average Bonchev–Trinajstić information content (AvgIpc) is 3.00. The zero-order chi connectivity index (χ0) is 16.2. The molecule has 23 heavy (non-hydrogen) atoms. The number of hydrogen-bond donors (Lipinski definition) is 0. The van der Waals surface area contributed by atoms with Gasteiger partial charge >= 0.3 is 5.97 Å². The van der Waals surface area contributed by atoms with E-state index in [0.29, 0.717) is 26.2 Å². The summed E-state index contributed by atoms with van der Waals surface area (Å²) in [5.74, 6) is -0.189. The quantitative estimate of drug-likeness (QED) is 0.764. The predicted molar refractivity (Wildman–Crippen MR) is 83.6 cm³/mol. The molecule has 124 valence electrons. The van der Waals surface area contributed by atoms with Crippen molar-refractivity contribution in [3.8, 4) is 0 Å². The largest absolute Gasteiger partial charge is 0.460 e. The summed E-state index contributed by atoms with van der Waals surface area (Å²) in [6, 6.07) is 9.71. The Morgan fingerprint density at radius 2 is 2.04 bits per heavy atom. The lowest BCUT2D eigenvalue weighted by Gasteiger charge is -2.35. The number of likely N-dealkylation sites (tertiary alicyclic amines) is 1. The topological polar surface area (TPSA) is 59.1 Å². The maximum atomic E-state index is 12.1. The van der Waals surface area contributed by atoms with Crippen molar-refractivity contribution in [3.05, 3.63) is 35.9 Å². The molecule has 2 heterocycles. The third-order valence-corrected chi connectivity index (χ3v) is 4.44. The van der Waals surface area contributed by atoms with Gasteiger partial charge in [-0.2, -0.15) is 0 Å². The van der Waals surface area contributed by atoms with Gasteiger partial charge in [0.15, 0.2) is 0 Å². The zero-order valence-electron chi connectivity index (χ0n) is 13.3. The third-order valence-electron chi connectivity index (χ3n) is 4.44. The predicted octanol–water partition coefficient (Wildman–Crippen LogP) is 0.661. The van der Waals surface area contributed by atoms with Crippen molar-refractivity contribution in [2.75, 3.05) is 32.8 Å². The van der Waals surface area contributed by atoms with Crippen molar-refractivity contribution in [2.24, 2.45) is 0 Å². The van der Waals surface area contributed by atoms with Crippen LogP contribution in [0.2, 0.25) is 0 Å². The van der Waals surface area contributed by atoms with E-state index in [0.717, 1.165) is 5.56 Å². The molecular weight excluding hydrogens is 296 g/mol. The van der Waals surface area contributed by atoms with Crippen molar-refractivity contribution in [1.29, 1.82) is 0 Å². The number of fused-ring (bicyclic) bond motifs is 1. The smallest absolute Gasteiger partial charge is 0.320 e. The minimum Gasteiger partial charge on any atom is -0.460 e. The molecular formula is C17H22N2O4. The molecule has 6 heteroatoms. The Bertz CT molecular complexity index is 563. The second kappa shape index (κ2) is 7.10. The minimum atomic E-state index is -0.240. The summed E-state index contributed by atoms with van der Waals surface area (Å²) >= 11 is 0. The van der Waals surface area contributed by atoms with E-state index < -0.39 is 0 Å². The van der Waals surface area contributed by atoms with E-state index in [1.807, 2.05) is 30.3 Å². The highest BCUT2D eigenvalue weighted by atomic mass is 16.5. The lowest BCUT2D eigenvalue weighted by atomic mass is 10.1. The fraction of sp³-hybridized carbons (Fsp3) is 0.529. The fourth-order valence-electron chi connectivity index (χ4n) is 3.16. The van der Waals surface area contributed by atoms with Crippen LogP contribution in [-0.2, 0) is 25.7 Å². The molecule has 2 atom stereocenters. The number of rotatable bonds is 4. The van der Waals surface area contributed by atoms with Crippen LogP contribution in [0.15, 0.2) is 30.3 Å². The molecule has 0 unspecified atom stereocenters. The monoisotopic (exact) mass is 318 g/mol. The molecule has 1 aromatic carbocycles. The Kier molecular flexibility index (Phi) is 4.93. The number of hydrogen-bond acceptors (Lipinski definition) is 5. The molecule has 2 fully saturated rings. The Morgan fingerprint density at radius 1 is 1.26 bits per heavy atom. The highest BCUT2D eigenvalue weighted by Crippen LogP contribution is 2.22. The molecule has 0 aromatic heterocycles. The normalized spacial score (nSPS) is 24.3. The second-order valence-corrected chi connectivity index (χ2v) is 6.02. The standard InChI is InChI=1S/C17H22N2O4/c1-13(20)19-9-15-16(10-19)22-8-7-18(15)11-17(21)23-12-14-5-3-2-4-6-14/h2-6,15-16H,7-12H2,1H3/t15-,16+/m0/s1. The maximum Gasteiger partial charge on any atom is 0.320 e. The van der Waals surface area contributed by atoms with Gasteiger partial charge in [-0.05, 0) is 5.56 Å². The molecule has 2 aliphatic heterocycles. The number of nitrogens with zero attached hydrogens (tertiary/aromatic N) is 2. The lowest BCUT2D eigenvalue weighted by molar-refractivity contribution is -0.149. The first-order valence-electron chi connectivity index (χ1n) is 7.94. The van der Waals surface area contributed by atoms with Gasteiger partial charge in [-0.3, -0.25) is 14.5 Å². The summed E-state index contributed by atoms with van der Waals surface area (Å²) in [5.41, 5.74) is 0.976. The lowest BCUT2D eigenvalue weighted by Crippen LogP contribution is -2.52. The summed E-state index contributed by atoms with van der Waals surface area (Å²) in [5, 5.41) is 0. The highest BCUT2D eigenvalue weighted by Gasteiger charge is 2.41. The number of benzene rings is 1. The number of carbonyl (C=O) groups excluding carboxylic acids is 2. The van der Waals surface area contributed by atoms with E-state index in [-0.39, 0.29) is 37.2 Å². The van der Waals surface area contributed by atoms with Crippen LogP contribution in [0.3, 0.4) is 0 Å². The van der Waals surface area contributed by atoms with Gasteiger partial charge in [-0.15, -0.1) is 0 Å². The molecule has 0 bridgehead atoms. The van der Waals surface area contributed by atoms with Crippen molar-refractivity contribution >= 4 is 11.9 Å². The van der Waals surface area contributed by atoms with Gasteiger partial charge in [0.05, 0.1) is 25.3 Å². The fourth-order valence-corrected chi connectivity index (χ4v) is 3.16. The van der Waals surface area contributed by atoms with Crippen molar-refractivity contribution in [3.63, 3.8) is 0 Å². The Balaban J connectivity index is 1.52. The van der Waals surface area contributed by atoms with Crippen LogP contribution in [-0.4, -0.2) is 66.6 Å². The van der Waals surface area contributed by atoms with E-state index >= 15 is 0 Å². The van der Waals surface area contributed by atoms with Crippen LogP contribution in [0.5, 0.6) is 0 Å². The summed E-state index contributed by atoms with van der Waals surface area (Å²) in [4.78, 5) is 27.5. The number of carbonyl (C=O) groups is 2. The first-order chi connectivity index (χ1) is 11.1. The number of ether oxygens (including phenoxy) is 2. The molecule has 0 N–H and O–H groups in total. The molecule has 6 nitrogen and oxygen atoms in total. The number of morpholine rings is 1. The van der Waals surface area contributed by atoms with Crippen LogP contribution < -0.4 is 0 Å². The molecule has 0 spiro atoms. The third kappa shape index (κ3) is 3.89. The van der Waals surface area contributed by atoms with E-state index in [4.69, 9.17) is 9.47 Å². The molecule has 2 saturated heterocycles. The SMILES string of the molecule is CC(=O)N1C[C@H]2OCCN(CC(=O)OCc3ccccc3)[C@H]2C1. The van der Waals surface area contributed by atoms with Gasteiger partial charge in [0, 0.05) is 26.6 Å². The molecule has 1 aromatic rings. The Labute approximate surface area is 136 Å². The molecule has 3 rings (SSSR count). The summed E-state index contributed by atoms with van der Waals surface area (Å²) in [7, 11) is 0. The Hall–Kier alpha value is -1.92. The first kappa shape index (κ1) is 16.0. The number of amides is 1. The zero-order valence-corrected chi connectivity index (χ0v) is 13.3. The van der Waals surface area contributed by atoms with E-state index in [1.54, 1.807) is 11.8 Å². The van der Waals surface area contributed by atoms with Crippen LogP contribution in [0.1, 0.15) is 12.5 Å². The minimum absolute atomic E-state index is 0.00502. The van der Waals surface area contributed by atoms with Crippen molar-refractivity contribution in [1.82, 2.24) is 9.80 Å². The second-order valence-electron chi connectivity index (χ2n) is 6.02. The van der Waals surface area contributed by atoms with E-state index in [1.165, 1.54) is 0 Å². The molecule has 0 saturated carbocycles. The van der Waals surface area contributed by atoms with Gasteiger partial charge in [-0.1, -0.05) is 30.3 Å². The summed E-state index contributed by atoms with van der Waals surface area (Å²) in [6.45, 7) is 4.59. The van der Waals surface area contributed by atoms with Crippen LogP contribution >= 0.6 is 0 Å². The van der Waals surface area contributed by atoms with E-state index in [9.17, 15) is 9.59 Å². The molecule has 1 amide bonds. The number of esters is 1. The van der Waals surface area contributed by atoms with Crippen LogP contribution in [0, 0.1) is 0 Å². The average molecular weight is 318 g/mol. The highest BCUT2D eigenvalue weighted by molar-refractivity contribution is 5.74. The first-order valence-corrected chi connectivity index (χ1v) is 7.94. The van der Waals surface area contributed by atoms with Crippen LogP contribution in [0.4, 0.5) is 0 Å². The summed E-state index contributed by atoms with van der Waals surface area (Å²) in [6.07, 6.45) is -0.00502. The maximum absolute atomic E-state index is 12.1. The Morgan fingerprint density at radius 3 is 2.78 bits per heavy atom. The van der Waals surface area contributed by atoms with Gasteiger partial charge in [-0.25, -0.2) is 0 Å². The van der Waals surface area contributed by atoms with Gasteiger partial charge < -0.3 is 14.4 Å². The summed E-state index contributed by atoms with van der Waals surface area (Å²) < 4.78 is 11.1. The molecule has 0 aliphatic carbocycles. The molecule has 0 radical (unpaired) electrons. The van der Waals surface area contributed by atoms with Gasteiger partial charge in [0.25, 0.3) is 0 Å². The van der Waals surface area contributed by atoms with Gasteiger partial charge in [0.1, 0.15) is 6.61 Å².